The number of amides is 1. The Labute approximate surface area is 149 Å². The van der Waals surface area contributed by atoms with Gasteiger partial charge in [0.05, 0.1) is 27.3 Å². The summed E-state index contributed by atoms with van der Waals surface area (Å²) in [6, 6.07) is 4.78. The molecule has 9 heteroatoms. The minimum absolute atomic E-state index is 0.152. The third-order valence-electron chi connectivity index (χ3n) is 2.84. The van der Waals surface area contributed by atoms with Gasteiger partial charge in [-0.25, -0.2) is 4.98 Å². The second kappa shape index (κ2) is 6.74. The van der Waals surface area contributed by atoms with Crippen LogP contribution in [0.3, 0.4) is 0 Å². The van der Waals surface area contributed by atoms with Crippen LogP contribution in [0.15, 0.2) is 45.7 Å². The molecule has 0 aliphatic heterocycles. The van der Waals surface area contributed by atoms with Crippen LogP contribution in [0.25, 0.3) is 0 Å². The van der Waals surface area contributed by atoms with E-state index >= 15 is 0 Å². The maximum atomic E-state index is 12.2. The average Bonchev–Trinajstić information content (AvgIpc) is 3.12. The fraction of sp³-hybridized carbons (Fsp3) is 0.0714. The van der Waals surface area contributed by atoms with Crippen LogP contribution in [0.4, 0.5) is 5.82 Å². The second-order valence-electron chi connectivity index (χ2n) is 4.56. The third-order valence-corrected chi connectivity index (χ3v) is 3.75. The highest BCUT2D eigenvalue weighted by atomic mass is 79.9. The van der Waals surface area contributed by atoms with Gasteiger partial charge in [-0.15, -0.1) is 0 Å². The van der Waals surface area contributed by atoms with E-state index in [1.165, 1.54) is 12.3 Å². The summed E-state index contributed by atoms with van der Waals surface area (Å²) in [6.07, 6.45) is 4.87. The van der Waals surface area contributed by atoms with Gasteiger partial charge in [0.1, 0.15) is 5.76 Å². The van der Waals surface area contributed by atoms with E-state index in [1.807, 2.05) is 0 Å². The number of nitrogens with zero attached hydrogens (tertiary/aromatic N) is 3. The minimum atomic E-state index is -0.449. The topological polar surface area (TPSA) is 73.0 Å². The minimum Gasteiger partial charge on any atom is -0.454 e. The van der Waals surface area contributed by atoms with E-state index in [0.29, 0.717) is 17.3 Å². The molecule has 0 saturated heterocycles. The zero-order chi connectivity index (χ0) is 16.4. The monoisotopic (exact) mass is 414 g/mol. The standard InChI is InChI=1S/C14H9BrCl2N4O2/c15-8-4-19-21(6-8)7-10-1-2-12(23-10)14(22)20-13-11(17)3-9(16)5-18-13/h1-6H,7H2,(H,18,20,22). The summed E-state index contributed by atoms with van der Waals surface area (Å²) >= 11 is 15.0. The van der Waals surface area contributed by atoms with Crippen molar-refractivity contribution in [1.82, 2.24) is 14.8 Å². The highest BCUT2D eigenvalue weighted by Gasteiger charge is 2.14. The quantitative estimate of drug-likeness (QED) is 0.691. The van der Waals surface area contributed by atoms with Gasteiger partial charge in [-0.3, -0.25) is 9.48 Å². The molecule has 0 spiro atoms. The lowest BCUT2D eigenvalue weighted by atomic mass is 10.4. The van der Waals surface area contributed by atoms with E-state index in [1.54, 1.807) is 29.2 Å². The molecule has 0 fully saturated rings. The molecule has 3 rings (SSSR count). The van der Waals surface area contributed by atoms with Gasteiger partial charge < -0.3 is 9.73 Å². The van der Waals surface area contributed by atoms with Gasteiger partial charge in [0.25, 0.3) is 5.91 Å². The maximum absolute atomic E-state index is 12.2. The van der Waals surface area contributed by atoms with Crippen molar-refractivity contribution in [2.45, 2.75) is 6.54 Å². The van der Waals surface area contributed by atoms with Gasteiger partial charge in [-0.05, 0) is 34.1 Å². The molecule has 118 valence electrons. The van der Waals surface area contributed by atoms with Crippen LogP contribution in [0.1, 0.15) is 16.3 Å². The van der Waals surface area contributed by atoms with Crippen molar-refractivity contribution in [2.75, 3.05) is 5.32 Å². The molecule has 6 nitrogen and oxygen atoms in total. The number of carbonyl (C=O) groups excluding carboxylic acids is 1. The lowest BCUT2D eigenvalue weighted by Gasteiger charge is -2.04. The lowest BCUT2D eigenvalue weighted by Crippen LogP contribution is -2.12. The second-order valence-corrected chi connectivity index (χ2v) is 6.32. The first-order valence-electron chi connectivity index (χ1n) is 6.40. The molecular formula is C14H9BrCl2N4O2. The number of pyridine rings is 1. The van der Waals surface area contributed by atoms with Crippen LogP contribution in [0.2, 0.25) is 10.0 Å². The van der Waals surface area contributed by atoms with E-state index in [9.17, 15) is 4.79 Å². The summed E-state index contributed by atoms with van der Waals surface area (Å²) in [5.41, 5.74) is 0. The first kappa shape index (κ1) is 16.0. The molecule has 0 aliphatic carbocycles. The van der Waals surface area contributed by atoms with Crippen LogP contribution < -0.4 is 5.32 Å². The SMILES string of the molecule is O=C(Nc1ncc(Cl)cc1Cl)c1ccc(Cn2cc(Br)cn2)o1. The molecule has 0 radical (unpaired) electrons. The van der Waals surface area contributed by atoms with E-state index in [4.69, 9.17) is 27.6 Å². The van der Waals surface area contributed by atoms with Crippen LogP contribution in [0, 0.1) is 0 Å². The molecule has 0 bridgehead atoms. The van der Waals surface area contributed by atoms with Crippen LogP contribution in [0.5, 0.6) is 0 Å². The molecule has 1 amide bonds. The van der Waals surface area contributed by atoms with Crippen molar-refractivity contribution in [3.05, 3.63) is 62.8 Å². The molecule has 0 aliphatic rings. The molecule has 0 atom stereocenters. The van der Waals surface area contributed by atoms with Gasteiger partial charge in [0.15, 0.2) is 11.6 Å². The summed E-state index contributed by atoms with van der Waals surface area (Å²) < 4.78 is 8.06. The van der Waals surface area contributed by atoms with Crippen molar-refractivity contribution >= 4 is 50.9 Å². The van der Waals surface area contributed by atoms with E-state index in [0.717, 1.165) is 4.47 Å². The normalized spacial score (nSPS) is 10.7. The Kier molecular flexibility index (Phi) is 4.70. The van der Waals surface area contributed by atoms with Gasteiger partial charge >= 0.3 is 0 Å². The number of hydrogen-bond acceptors (Lipinski definition) is 4. The van der Waals surface area contributed by atoms with Crippen molar-refractivity contribution in [2.24, 2.45) is 0 Å². The van der Waals surface area contributed by atoms with Crippen LogP contribution in [-0.2, 0) is 6.54 Å². The van der Waals surface area contributed by atoms with E-state index in [2.05, 4.69) is 31.3 Å². The largest absolute Gasteiger partial charge is 0.454 e. The zero-order valence-electron chi connectivity index (χ0n) is 11.5. The predicted octanol–water partition coefficient (Wildman–Crippen LogP) is 4.24. The van der Waals surface area contributed by atoms with Crippen LogP contribution in [-0.4, -0.2) is 20.7 Å². The molecule has 0 unspecified atom stereocenters. The number of furan rings is 1. The molecule has 23 heavy (non-hydrogen) atoms. The number of carbonyl (C=O) groups is 1. The van der Waals surface area contributed by atoms with Crippen molar-refractivity contribution in [3.8, 4) is 0 Å². The number of hydrogen-bond donors (Lipinski definition) is 1. The summed E-state index contributed by atoms with van der Waals surface area (Å²) in [5.74, 6) is 0.518. The summed E-state index contributed by atoms with van der Waals surface area (Å²) in [6.45, 7) is 0.416. The Morgan fingerprint density at radius 1 is 1.35 bits per heavy atom. The Balaban J connectivity index is 1.70. The summed E-state index contributed by atoms with van der Waals surface area (Å²) in [4.78, 5) is 16.1. The maximum Gasteiger partial charge on any atom is 0.292 e. The first-order valence-corrected chi connectivity index (χ1v) is 7.95. The van der Waals surface area contributed by atoms with E-state index in [-0.39, 0.29) is 16.6 Å². The first-order chi connectivity index (χ1) is 11.0. The molecule has 0 saturated carbocycles. The Bertz CT molecular complexity index is 862. The molecule has 1 N–H and O–H groups in total. The van der Waals surface area contributed by atoms with Crippen molar-refractivity contribution in [3.63, 3.8) is 0 Å². The highest BCUT2D eigenvalue weighted by Crippen LogP contribution is 2.23. The van der Waals surface area contributed by atoms with Gasteiger partial charge in [-0.2, -0.15) is 5.10 Å². The Morgan fingerprint density at radius 3 is 2.87 bits per heavy atom. The van der Waals surface area contributed by atoms with Gasteiger partial charge in [0, 0.05) is 12.4 Å². The molecule has 3 aromatic heterocycles. The fourth-order valence-electron chi connectivity index (χ4n) is 1.85. The van der Waals surface area contributed by atoms with E-state index < -0.39 is 5.91 Å². The van der Waals surface area contributed by atoms with Gasteiger partial charge in [-0.1, -0.05) is 23.2 Å². The molecule has 3 heterocycles. The highest BCUT2D eigenvalue weighted by molar-refractivity contribution is 9.10. The Morgan fingerprint density at radius 2 is 2.17 bits per heavy atom. The number of nitrogens with one attached hydrogen (secondary N) is 1. The summed E-state index contributed by atoms with van der Waals surface area (Å²) in [7, 11) is 0. The average molecular weight is 416 g/mol. The smallest absolute Gasteiger partial charge is 0.292 e. The van der Waals surface area contributed by atoms with Gasteiger partial charge in [0.2, 0.25) is 0 Å². The number of halogens is 3. The number of aromatic nitrogens is 3. The Hall–Kier alpha value is -1.83. The molecule has 0 aromatic carbocycles. The van der Waals surface area contributed by atoms with Crippen molar-refractivity contribution in [1.29, 1.82) is 0 Å². The third kappa shape index (κ3) is 3.93. The van der Waals surface area contributed by atoms with Crippen LogP contribution >= 0.6 is 39.1 Å². The zero-order valence-corrected chi connectivity index (χ0v) is 14.6. The molecular weight excluding hydrogens is 407 g/mol. The molecule has 3 aromatic rings. The van der Waals surface area contributed by atoms with Crippen molar-refractivity contribution < 1.29 is 9.21 Å². The predicted molar refractivity (Wildman–Crippen MR) is 89.9 cm³/mol. The number of anilines is 1. The lowest BCUT2D eigenvalue weighted by molar-refractivity contribution is 0.0994. The summed E-state index contributed by atoms with van der Waals surface area (Å²) in [5, 5.41) is 7.33. The number of rotatable bonds is 4. The fourth-order valence-corrected chi connectivity index (χ4v) is 2.60.